The topological polar surface area (TPSA) is 113 Å². The molecule has 0 bridgehead atoms. The molecule has 4 N–H and O–H groups in total. The number of amides is 2. The first-order chi connectivity index (χ1) is 11.4. The third-order valence-corrected chi connectivity index (χ3v) is 7.72. The number of carboxylic acids is 1. The third-order valence-electron chi connectivity index (χ3n) is 3.92. The van der Waals surface area contributed by atoms with Gasteiger partial charge in [0.15, 0.2) is 0 Å². The zero-order chi connectivity index (χ0) is 17.4. The molecular formula is C14H17N3O4S3. The zero-order valence-electron chi connectivity index (χ0n) is 12.9. The van der Waals surface area contributed by atoms with E-state index in [4.69, 9.17) is 5.73 Å². The molecule has 0 aliphatic carbocycles. The fourth-order valence-corrected chi connectivity index (χ4v) is 6.13. The summed E-state index contributed by atoms with van der Waals surface area (Å²) in [4.78, 5) is 38.1. The minimum absolute atomic E-state index is 0.0282. The summed E-state index contributed by atoms with van der Waals surface area (Å²) in [7, 11) is 0. The normalized spacial score (nSPS) is 27.8. The number of β-lactam (4-membered cyclic amide) rings is 1. The lowest BCUT2D eigenvalue weighted by molar-refractivity contribution is -0.150. The molecule has 0 aromatic heterocycles. The van der Waals surface area contributed by atoms with Crippen molar-refractivity contribution >= 4 is 53.1 Å². The van der Waals surface area contributed by atoms with Gasteiger partial charge in [-0.15, -0.1) is 35.3 Å². The van der Waals surface area contributed by atoms with Gasteiger partial charge in [-0.1, -0.05) is 0 Å². The summed E-state index contributed by atoms with van der Waals surface area (Å²) < 4.78 is 0. The molecule has 1 fully saturated rings. The van der Waals surface area contributed by atoms with Crippen LogP contribution in [0.15, 0.2) is 21.6 Å². The molecule has 3 heterocycles. The van der Waals surface area contributed by atoms with Crippen LogP contribution in [-0.4, -0.2) is 62.5 Å². The molecule has 7 nitrogen and oxygen atoms in total. The molecule has 0 aromatic rings. The Labute approximate surface area is 151 Å². The summed E-state index contributed by atoms with van der Waals surface area (Å²) >= 11 is 4.61. The van der Waals surface area contributed by atoms with Crippen LogP contribution in [-0.2, 0) is 14.4 Å². The van der Waals surface area contributed by atoms with Gasteiger partial charge in [0.25, 0.3) is 5.91 Å². The van der Waals surface area contributed by atoms with Crippen molar-refractivity contribution in [3.05, 3.63) is 21.6 Å². The van der Waals surface area contributed by atoms with E-state index in [1.807, 2.05) is 5.41 Å². The number of hydrogen-bond acceptors (Lipinski definition) is 7. The molecule has 2 amide bonds. The number of thioether (sulfide) groups is 3. The Kier molecular flexibility index (Phi) is 5.19. The van der Waals surface area contributed by atoms with Crippen molar-refractivity contribution < 1.29 is 19.5 Å². The summed E-state index contributed by atoms with van der Waals surface area (Å²) in [5.74, 6) is 0.487. The van der Waals surface area contributed by atoms with Gasteiger partial charge in [0, 0.05) is 22.2 Å². The number of nitrogens with two attached hydrogens (primary N) is 1. The summed E-state index contributed by atoms with van der Waals surface area (Å²) in [5, 5.41) is 13.5. The maximum absolute atomic E-state index is 12.3. The van der Waals surface area contributed by atoms with Gasteiger partial charge in [-0.25, -0.2) is 4.79 Å². The Morgan fingerprint density at radius 3 is 2.83 bits per heavy atom. The van der Waals surface area contributed by atoms with E-state index in [0.717, 1.165) is 16.4 Å². The molecule has 3 aliphatic heterocycles. The van der Waals surface area contributed by atoms with Crippen molar-refractivity contribution in [2.45, 2.75) is 24.4 Å². The number of carbonyl (C=O) groups excluding carboxylic acids is 2. The number of fused-ring (bicyclic) bond motifs is 1. The summed E-state index contributed by atoms with van der Waals surface area (Å²) in [5.41, 5.74) is 6.66. The minimum Gasteiger partial charge on any atom is -0.477 e. The van der Waals surface area contributed by atoms with Crippen molar-refractivity contribution in [3.8, 4) is 0 Å². The van der Waals surface area contributed by atoms with Crippen LogP contribution in [0.4, 0.5) is 0 Å². The van der Waals surface area contributed by atoms with Crippen LogP contribution in [0.2, 0.25) is 0 Å². The Bertz CT molecular complexity index is 664. The molecule has 0 saturated carbocycles. The monoisotopic (exact) mass is 387 g/mol. The predicted molar refractivity (Wildman–Crippen MR) is 96.3 cm³/mol. The Balaban J connectivity index is 1.68. The quantitative estimate of drug-likeness (QED) is 0.594. The van der Waals surface area contributed by atoms with Gasteiger partial charge in [-0.3, -0.25) is 14.5 Å². The van der Waals surface area contributed by atoms with Crippen molar-refractivity contribution in [2.24, 2.45) is 5.73 Å². The number of aliphatic carboxylic acids is 1. The Hall–Kier alpha value is -1.10. The Morgan fingerprint density at radius 2 is 2.21 bits per heavy atom. The van der Waals surface area contributed by atoms with Gasteiger partial charge in [0.1, 0.15) is 23.2 Å². The highest BCUT2D eigenvalue weighted by molar-refractivity contribution is 8.09. The van der Waals surface area contributed by atoms with Gasteiger partial charge >= 0.3 is 5.97 Å². The second kappa shape index (κ2) is 7.03. The van der Waals surface area contributed by atoms with Crippen LogP contribution in [0.1, 0.15) is 6.92 Å². The minimum atomic E-state index is -1.12. The highest BCUT2D eigenvalue weighted by Crippen LogP contribution is 2.40. The van der Waals surface area contributed by atoms with Crippen LogP contribution >= 0.6 is 35.3 Å². The molecule has 3 atom stereocenters. The largest absolute Gasteiger partial charge is 0.477 e. The van der Waals surface area contributed by atoms with E-state index < -0.39 is 29.9 Å². The van der Waals surface area contributed by atoms with Gasteiger partial charge in [0.2, 0.25) is 5.91 Å². The number of nitrogens with zero attached hydrogens (tertiary/aromatic N) is 1. The third kappa shape index (κ3) is 3.07. The van der Waals surface area contributed by atoms with E-state index in [1.165, 1.54) is 16.7 Å². The van der Waals surface area contributed by atoms with E-state index in [-0.39, 0.29) is 11.1 Å². The molecule has 0 spiro atoms. The fraction of sp³-hybridized carbons (Fsp3) is 0.500. The lowest BCUT2D eigenvalue weighted by Gasteiger charge is -2.49. The van der Waals surface area contributed by atoms with Crippen LogP contribution in [0.3, 0.4) is 0 Å². The number of rotatable bonds is 4. The maximum Gasteiger partial charge on any atom is 0.352 e. The first-order valence-electron chi connectivity index (χ1n) is 7.30. The van der Waals surface area contributed by atoms with Crippen LogP contribution in [0.25, 0.3) is 0 Å². The van der Waals surface area contributed by atoms with Crippen molar-refractivity contribution in [1.29, 1.82) is 0 Å². The second-order valence-corrected chi connectivity index (χ2v) is 8.80. The molecule has 1 saturated heterocycles. The fourth-order valence-electron chi connectivity index (χ4n) is 2.69. The molecule has 3 aliphatic rings. The van der Waals surface area contributed by atoms with Crippen molar-refractivity contribution in [1.82, 2.24) is 10.2 Å². The maximum atomic E-state index is 12.3. The molecule has 0 aromatic carbocycles. The molecule has 130 valence electrons. The lowest BCUT2D eigenvalue weighted by atomic mass is 10.0. The molecule has 3 rings (SSSR count). The zero-order valence-corrected chi connectivity index (χ0v) is 15.3. The Morgan fingerprint density at radius 1 is 1.46 bits per heavy atom. The van der Waals surface area contributed by atoms with Crippen LogP contribution in [0, 0.1) is 0 Å². The molecule has 0 radical (unpaired) electrons. The van der Waals surface area contributed by atoms with Gasteiger partial charge < -0.3 is 16.2 Å². The lowest BCUT2D eigenvalue weighted by Crippen LogP contribution is -2.71. The molecule has 3 unspecified atom stereocenters. The van der Waals surface area contributed by atoms with Crippen LogP contribution in [0.5, 0.6) is 0 Å². The number of nitrogens with one attached hydrogen (secondary N) is 1. The molecular weight excluding hydrogens is 370 g/mol. The number of carbonyl (C=O) groups is 3. The number of hydrogen-bond donors (Lipinski definition) is 3. The number of carboxylic acid groups (broad SMARTS) is 1. The van der Waals surface area contributed by atoms with E-state index in [2.05, 4.69) is 5.32 Å². The van der Waals surface area contributed by atoms with E-state index >= 15 is 0 Å². The summed E-state index contributed by atoms with van der Waals surface area (Å²) in [6.07, 6.45) is 0. The highest BCUT2D eigenvalue weighted by Gasteiger charge is 2.54. The van der Waals surface area contributed by atoms with Gasteiger partial charge in [0.05, 0.1) is 0 Å². The van der Waals surface area contributed by atoms with E-state index in [0.29, 0.717) is 11.3 Å². The standard InChI is InChI=1S/C14H17N3O4S3/c1-6-4-24-13-9(12(19)17(13)10(6)14(20)21)16-11(18)8(15)7-5-22-2-3-23-7/h5,8-9,13H,2-4,15H2,1H3,(H,16,18)(H,20,21). The van der Waals surface area contributed by atoms with Crippen molar-refractivity contribution in [2.75, 3.05) is 17.3 Å². The molecule has 24 heavy (non-hydrogen) atoms. The average molecular weight is 388 g/mol. The first-order valence-corrected chi connectivity index (χ1v) is 10.4. The predicted octanol–water partition coefficient (Wildman–Crippen LogP) is 0.394. The average Bonchev–Trinajstić information content (AvgIpc) is 2.59. The van der Waals surface area contributed by atoms with E-state index in [1.54, 1.807) is 30.4 Å². The summed E-state index contributed by atoms with van der Waals surface area (Å²) in [6, 6.07) is -1.52. The van der Waals surface area contributed by atoms with E-state index in [9.17, 15) is 19.5 Å². The van der Waals surface area contributed by atoms with Gasteiger partial charge in [-0.2, -0.15) is 0 Å². The molecule has 10 heteroatoms. The second-order valence-electron chi connectivity index (χ2n) is 5.55. The first kappa shape index (κ1) is 17.7. The smallest absolute Gasteiger partial charge is 0.352 e. The SMILES string of the molecule is CC1=C(C(=O)O)N2C(=O)C(NC(=O)C(N)C3=CSCCS3)C2SC1. The highest BCUT2D eigenvalue weighted by atomic mass is 32.2. The van der Waals surface area contributed by atoms with Crippen LogP contribution < -0.4 is 11.1 Å². The summed E-state index contributed by atoms with van der Waals surface area (Å²) in [6.45, 7) is 1.70. The van der Waals surface area contributed by atoms with Gasteiger partial charge in [-0.05, 0) is 17.9 Å². The van der Waals surface area contributed by atoms with Crippen molar-refractivity contribution in [3.63, 3.8) is 0 Å².